The minimum atomic E-state index is -0.198. The minimum absolute atomic E-state index is 0.141. The average Bonchev–Trinajstić information content (AvgIpc) is 2.52. The summed E-state index contributed by atoms with van der Waals surface area (Å²) in [6.07, 6.45) is 0. The van der Waals surface area contributed by atoms with Gasteiger partial charge in [0.25, 0.3) is 0 Å². The molecule has 0 saturated heterocycles. The van der Waals surface area contributed by atoms with E-state index in [2.05, 4.69) is 21.2 Å². The van der Waals surface area contributed by atoms with Gasteiger partial charge in [0.2, 0.25) is 0 Å². The van der Waals surface area contributed by atoms with E-state index in [-0.39, 0.29) is 17.6 Å². The molecule has 23 heavy (non-hydrogen) atoms. The fourth-order valence-electron chi connectivity index (χ4n) is 2.85. The molecule has 0 aliphatic heterocycles. The van der Waals surface area contributed by atoms with Crippen LogP contribution in [0.1, 0.15) is 45.7 Å². The largest absolute Gasteiger partial charge is 0.496 e. The fourth-order valence-corrected chi connectivity index (χ4v) is 3.36. The lowest BCUT2D eigenvalue weighted by Crippen LogP contribution is -2.25. The Morgan fingerprint density at radius 3 is 2.39 bits per heavy atom. The molecule has 3 rings (SSSR count). The third-order valence-corrected chi connectivity index (χ3v) is 4.43. The van der Waals surface area contributed by atoms with Crippen LogP contribution >= 0.6 is 15.9 Å². The normalized spacial score (nSPS) is 12.9. The van der Waals surface area contributed by atoms with Crippen molar-refractivity contribution in [3.8, 4) is 5.75 Å². The maximum Gasteiger partial charge on any atom is 0.200 e. The van der Waals surface area contributed by atoms with Gasteiger partial charge in [-0.05, 0) is 32.0 Å². The molecule has 0 unspecified atom stereocenters. The Labute approximate surface area is 143 Å². The Kier molecular flexibility index (Phi) is 3.98. The van der Waals surface area contributed by atoms with Crippen LogP contribution in [0, 0.1) is 0 Å². The Morgan fingerprint density at radius 1 is 1.00 bits per heavy atom. The van der Waals surface area contributed by atoms with E-state index >= 15 is 0 Å². The van der Waals surface area contributed by atoms with Crippen LogP contribution in [0.25, 0.3) is 0 Å². The minimum Gasteiger partial charge on any atom is -0.496 e. The molecule has 1 N–H and O–H groups in total. The summed E-state index contributed by atoms with van der Waals surface area (Å²) in [5, 5.41) is 3.24. The molecule has 1 aliphatic rings. The van der Waals surface area contributed by atoms with Gasteiger partial charge in [-0.1, -0.05) is 28.1 Å². The topological polar surface area (TPSA) is 55.4 Å². The van der Waals surface area contributed by atoms with E-state index < -0.39 is 0 Å². The number of hydrogen-bond donors (Lipinski definition) is 1. The number of anilines is 1. The lowest BCUT2D eigenvalue weighted by molar-refractivity contribution is 0.0976. The van der Waals surface area contributed by atoms with Gasteiger partial charge in [0.15, 0.2) is 11.6 Å². The van der Waals surface area contributed by atoms with Gasteiger partial charge in [-0.2, -0.15) is 0 Å². The molecule has 0 spiro atoms. The maximum absolute atomic E-state index is 13.1. The number of methoxy groups -OCH3 is 1. The van der Waals surface area contributed by atoms with Crippen molar-refractivity contribution in [3.05, 3.63) is 57.1 Å². The van der Waals surface area contributed by atoms with E-state index in [1.807, 2.05) is 19.9 Å². The SMILES string of the molecule is COc1cccc2c1C(=O)c1c(NC(C)C)ccc(Br)c1C2=O. The Bertz CT molecular complexity index is 827. The molecule has 2 aromatic carbocycles. The molecule has 0 amide bonds. The van der Waals surface area contributed by atoms with Gasteiger partial charge in [0.05, 0.1) is 23.8 Å². The highest BCUT2D eigenvalue weighted by Gasteiger charge is 2.35. The zero-order valence-electron chi connectivity index (χ0n) is 13.1. The van der Waals surface area contributed by atoms with Crippen molar-refractivity contribution < 1.29 is 14.3 Å². The lowest BCUT2D eigenvalue weighted by Gasteiger charge is -2.24. The van der Waals surface area contributed by atoms with Crippen LogP contribution in [0.15, 0.2) is 34.8 Å². The summed E-state index contributed by atoms with van der Waals surface area (Å²) < 4.78 is 5.91. The molecule has 5 heteroatoms. The zero-order valence-corrected chi connectivity index (χ0v) is 14.7. The van der Waals surface area contributed by atoms with Gasteiger partial charge >= 0.3 is 0 Å². The molecule has 2 aromatic rings. The van der Waals surface area contributed by atoms with Gasteiger partial charge in [0.1, 0.15) is 5.75 Å². The van der Waals surface area contributed by atoms with Gasteiger partial charge in [-0.25, -0.2) is 0 Å². The van der Waals surface area contributed by atoms with Gasteiger partial charge in [0, 0.05) is 21.8 Å². The second-order valence-electron chi connectivity index (χ2n) is 5.69. The van der Waals surface area contributed by atoms with Crippen molar-refractivity contribution in [3.63, 3.8) is 0 Å². The predicted octanol–water partition coefficient (Wildman–Crippen LogP) is 4.05. The standard InChI is InChI=1S/C18H16BrNO3/c1-9(2)20-12-8-7-11(19)15-16(12)18(22)14-10(17(15)21)5-4-6-13(14)23-3/h4-9,20H,1-3H3. The number of hydrogen-bond acceptors (Lipinski definition) is 4. The van der Waals surface area contributed by atoms with Crippen molar-refractivity contribution in [2.24, 2.45) is 0 Å². The highest BCUT2D eigenvalue weighted by molar-refractivity contribution is 9.10. The molecule has 0 fully saturated rings. The molecule has 0 aromatic heterocycles. The van der Waals surface area contributed by atoms with Crippen molar-refractivity contribution in [1.82, 2.24) is 0 Å². The van der Waals surface area contributed by atoms with Gasteiger partial charge in [-0.3, -0.25) is 9.59 Å². The lowest BCUT2D eigenvalue weighted by atomic mass is 9.82. The fraction of sp³-hybridized carbons (Fsp3) is 0.222. The number of ketones is 2. The van der Waals surface area contributed by atoms with Gasteiger partial charge in [-0.15, -0.1) is 0 Å². The molecular weight excluding hydrogens is 358 g/mol. The second-order valence-corrected chi connectivity index (χ2v) is 6.54. The van der Waals surface area contributed by atoms with Crippen LogP contribution < -0.4 is 10.1 Å². The van der Waals surface area contributed by atoms with Crippen LogP contribution in [-0.4, -0.2) is 24.7 Å². The molecule has 0 atom stereocenters. The molecule has 0 bridgehead atoms. The first kappa shape index (κ1) is 15.7. The van der Waals surface area contributed by atoms with Crippen LogP contribution in [0.2, 0.25) is 0 Å². The molecule has 1 aliphatic carbocycles. The first-order valence-electron chi connectivity index (χ1n) is 7.31. The van der Waals surface area contributed by atoms with E-state index in [1.165, 1.54) is 7.11 Å². The van der Waals surface area contributed by atoms with Crippen LogP contribution in [0.3, 0.4) is 0 Å². The Balaban J connectivity index is 2.31. The van der Waals surface area contributed by atoms with E-state index in [0.717, 1.165) is 0 Å². The van der Waals surface area contributed by atoms with Crippen LogP contribution in [0.5, 0.6) is 5.75 Å². The second kappa shape index (κ2) is 5.81. The third-order valence-electron chi connectivity index (χ3n) is 3.77. The summed E-state index contributed by atoms with van der Waals surface area (Å²) in [4.78, 5) is 26.0. The van der Waals surface area contributed by atoms with Crippen molar-refractivity contribution in [2.45, 2.75) is 19.9 Å². The summed E-state index contributed by atoms with van der Waals surface area (Å²) in [7, 11) is 1.50. The highest BCUT2D eigenvalue weighted by atomic mass is 79.9. The third kappa shape index (κ3) is 2.45. The molecule has 4 nitrogen and oxygen atoms in total. The first-order valence-corrected chi connectivity index (χ1v) is 8.10. The van der Waals surface area contributed by atoms with Crippen LogP contribution in [-0.2, 0) is 0 Å². The average molecular weight is 374 g/mol. The monoisotopic (exact) mass is 373 g/mol. The molecule has 118 valence electrons. The van der Waals surface area contributed by atoms with E-state index in [1.54, 1.807) is 24.3 Å². The number of halogens is 1. The molecular formula is C18H16BrNO3. The van der Waals surface area contributed by atoms with Crippen molar-refractivity contribution in [2.75, 3.05) is 12.4 Å². The summed E-state index contributed by atoms with van der Waals surface area (Å²) in [5.41, 5.74) is 2.17. The molecule has 0 heterocycles. The van der Waals surface area contributed by atoms with E-state index in [0.29, 0.717) is 38.2 Å². The Morgan fingerprint density at radius 2 is 1.74 bits per heavy atom. The summed E-state index contributed by atoms with van der Waals surface area (Å²) in [6, 6.07) is 8.83. The molecule has 0 radical (unpaired) electrons. The van der Waals surface area contributed by atoms with Gasteiger partial charge < -0.3 is 10.1 Å². The number of carbonyl (C=O) groups is 2. The number of fused-ring (bicyclic) bond motifs is 2. The Hall–Kier alpha value is -2.14. The number of ether oxygens (including phenoxy) is 1. The van der Waals surface area contributed by atoms with E-state index in [4.69, 9.17) is 4.74 Å². The summed E-state index contributed by atoms with van der Waals surface area (Å²) in [5.74, 6) is 0.0475. The van der Waals surface area contributed by atoms with Crippen molar-refractivity contribution in [1.29, 1.82) is 0 Å². The summed E-state index contributed by atoms with van der Waals surface area (Å²) >= 11 is 3.41. The van der Waals surface area contributed by atoms with Crippen LogP contribution in [0.4, 0.5) is 5.69 Å². The number of rotatable bonds is 3. The smallest absolute Gasteiger partial charge is 0.200 e. The zero-order chi connectivity index (χ0) is 16.7. The highest BCUT2D eigenvalue weighted by Crippen LogP contribution is 2.39. The quantitative estimate of drug-likeness (QED) is 0.752. The summed E-state index contributed by atoms with van der Waals surface area (Å²) in [6.45, 7) is 3.97. The van der Waals surface area contributed by atoms with E-state index in [9.17, 15) is 9.59 Å². The number of carbonyl (C=O) groups excluding carboxylic acids is 2. The number of benzene rings is 2. The maximum atomic E-state index is 13.1. The number of nitrogens with one attached hydrogen (secondary N) is 1. The molecule has 0 saturated carbocycles. The van der Waals surface area contributed by atoms with Crippen molar-refractivity contribution >= 4 is 33.2 Å². The first-order chi connectivity index (χ1) is 11.0. The predicted molar refractivity (Wildman–Crippen MR) is 92.8 cm³/mol.